The van der Waals surface area contributed by atoms with Crippen molar-refractivity contribution in [2.24, 2.45) is 5.14 Å². The van der Waals surface area contributed by atoms with E-state index in [2.05, 4.69) is 34.5 Å². The summed E-state index contributed by atoms with van der Waals surface area (Å²) in [5, 5.41) is 8.11. The lowest BCUT2D eigenvalue weighted by Gasteiger charge is -2.29. The maximum absolute atomic E-state index is 12.7. The van der Waals surface area contributed by atoms with Crippen molar-refractivity contribution in [1.82, 2.24) is 4.90 Å². The first-order valence-corrected chi connectivity index (χ1v) is 11.1. The molecule has 1 amide bonds. The molecule has 28 heavy (non-hydrogen) atoms. The van der Waals surface area contributed by atoms with Crippen molar-refractivity contribution in [3.63, 3.8) is 0 Å². The van der Waals surface area contributed by atoms with Crippen LogP contribution in [0.2, 0.25) is 0 Å². The number of aryl methyl sites for hydroxylation is 2. The molecule has 3 N–H and O–H groups in total. The van der Waals surface area contributed by atoms with E-state index in [1.807, 2.05) is 0 Å². The minimum Gasteiger partial charge on any atom is -0.325 e. The van der Waals surface area contributed by atoms with Gasteiger partial charge in [0.1, 0.15) is 0 Å². The summed E-state index contributed by atoms with van der Waals surface area (Å²) in [6, 6.07) is 14.0. The number of primary sulfonamides is 1. The normalized spacial score (nSPS) is 18.9. The molecule has 1 atom stereocenters. The summed E-state index contributed by atoms with van der Waals surface area (Å²) in [6.45, 7) is 1.97. The second-order valence-electron chi connectivity index (χ2n) is 7.73. The molecule has 6 nitrogen and oxygen atoms in total. The van der Waals surface area contributed by atoms with Gasteiger partial charge in [0.2, 0.25) is 15.9 Å². The molecule has 2 aromatic carbocycles. The summed E-state index contributed by atoms with van der Waals surface area (Å²) >= 11 is 0. The Bertz CT molecular complexity index is 1020. The fraction of sp³-hybridized carbons (Fsp3) is 0.381. The van der Waals surface area contributed by atoms with E-state index in [9.17, 15) is 13.2 Å². The Kier molecular flexibility index (Phi) is 4.99. The molecule has 0 bridgehead atoms. The second kappa shape index (κ2) is 7.31. The quantitative estimate of drug-likeness (QED) is 0.781. The van der Waals surface area contributed by atoms with E-state index in [1.54, 1.807) is 19.1 Å². The van der Waals surface area contributed by atoms with E-state index in [1.165, 1.54) is 17.2 Å². The van der Waals surface area contributed by atoms with Crippen molar-refractivity contribution in [3.8, 4) is 0 Å². The molecule has 2 aliphatic rings. The molecule has 2 aromatic rings. The summed E-state index contributed by atoms with van der Waals surface area (Å²) in [7, 11) is -3.83. The monoisotopic (exact) mass is 399 g/mol. The minimum absolute atomic E-state index is 0.0362. The van der Waals surface area contributed by atoms with Gasteiger partial charge in [-0.15, -0.1) is 0 Å². The number of carbonyl (C=O) groups is 1. The Morgan fingerprint density at radius 1 is 1.18 bits per heavy atom. The van der Waals surface area contributed by atoms with Gasteiger partial charge in [-0.25, -0.2) is 13.6 Å². The maximum atomic E-state index is 12.7. The zero-order valence-electron chi connectivity index (χ0n) is 15.9. The van der Waals surface area contributed by atoms with Crippen LogP contribution in [0.1, 0.15) is 42.0 Å². The van der Waals surface area contributed by atoms with Crippen LogP contribution in [0, 0.1) is 6.92 Å². The number of fused-ring (bicyclic) bond motifs is 1. The van der Waals surface area contributed by atoms with Gasteiger partial charge in [-0.05, 0) is 61.4 Å². The fourth-order valence-corrected chi connectivity index (χ4v) is 4.94. The van der Waals surface area contributed by atoms with Crippen LogP contribution < -0.4 is 10.5 Å². The van der Waals surface area contributed by atoms with Gasteiger partial charge >= 0.3 is 0 Å². The lowest BCUT2D eigenvalue weighted by atomic mass is 10.1. The lowest BCUT2D eigenvalue weighted by molar-refractivity contribution is -0.118. The summed E-state index contributed by atoms with van der Waals surface area (Å²) in [5.41, 5.74) is 3.70. The summed E-state index contributed by atoms with van der Waals surface area (Å²) < 4.78 is 23.4. The lowest BCUT2D eigenvalue weighted by Crippen LogP contribution is -2.37. The van der Waals surface area contributed by atoms with E-state index in [4.69, 9.17) is 5.14 Å². The van der Waals surface area contributed by atoms with Crippen LogP contribution in [0.3, 0.4) is 0 Å². The molecule has 0 heterocycles. The molecule has 1 saturated carbocycles. The van der Waals surface area contributed by atoms with Gasteiger partial charge in [0.15, 0.2) is 0 Å². The number of nitrogens with zero attached hydrogens (tertiary/aromatic N) is 1. The molecule has 2 aliphatic carbocycles. The van der Waals surface area contributed by atoms with Crippen molar-refractivity contribution in [3.05, 3.63) is 59.2 Å². The van der Waals surface area contributed by atoms with Crippen molar-refractivity contribution < 1.29 is 13.2 Å². The van der Waals surface area contributed by atoms with Gasteiger partial charge in [-0.2, -0.15) is 0 Å². The smallest absolute Gasteiger partial charge is 0.238 e. The third kappa shape index (κ3) is 3.97. The standard InChI is InChI=1S/C21H25N3O3S/c1-14-6-8-16(12-20(14)28(22,26)27)23-21(25)13-24(17-9-10-17)19-11-7-15-4-2-3-5-18(15)19/h2-6,8,12,17,19H,7,9-11,13H2,1H3,(H,23,25)(H2,22,26,27). The Labute approximate surface area is 165 Å². The number of amides is 1. The highest BCUT2D eigenvalue weighted by Crippen LogP contribution is 2.41. The van der Waals surface area contributed by atoms with Gasteiger partial charge in [-0.1, -0.05) is 30.3 Å². The fourth-order valence-electron chi connectivity index (χ4n) is 4.13. The average Bonchev–Trinajstić information content (AvgIpc) is 3.39. The second-order valence-corrected chi connectivity index (χ2v) is 9.26. The highest BCUT2D eigenvalue weighted by molar-refractivity contribution is 7.89. The molecule has 0 saturated heterocycles. The Hall–Kier alpha value is -2.22. The molecule has 0 radical (unpaired) electrons. The first-order valence-electron chi connectivity index (χ1n) is 9.60. The first-order chi connectivity index (χ1) is 13.3. The summed E-state index contributed by atoms with van der Waals surface area (Å²) in [5.74, 6) is -0.138. The zero-order chi connectivity index (χ0) is 19.9. The van der Waals surface area contributed by atoms with E-state index < -0.39 is 10.0 Å². The van der Waals surface area contributed by atoms with Gasteiger partial charge in [0.05, 0.1) is 11.4 Å². The number of anilines is 1. The van der Waals surface area contributed by atoms with Crippen molar-refractivity contribution in [1.29, 1.82) is 0 Å². The maximum Gasteiger partial charge on any atom is 0.238 e. The molecular formula is C21H25N3O3S. The molecule has 4 rings (SSSR count). The van der Waals surface area contributed by atoms with E-state index in [-0.39, 0.29) is 16.8 Å². The Morgan fingerprint density at radius 3 is 2.64 bits per heavy atom. The SMILES string of the molecule is Cc1ccc(NC(=O)CN(C2CC2)C2CCc3ccccc32)cc1S(N)(=O)=O. The summed E-state index contributed by atoms with van der Waals surface area (Å²) in [6.07, 6.45) is 4.31. The van der Waals surface area contributed by atoms with E-state index in [0.29, 0.717) is 23.8 Å². The topological polar surface area (TPSA) is 92.5 Å². The highest BCUT2D eigenvalue weighted by Gasteiger charge is 2.38. The van der Waals surface area contributed by atoms with Crippen LogP contribution in [0.5, 0.6) is 0 Å². The average molecular weight is 400 g/mol. The van der Waals surface area contributed by atoms with Crippen LogP contribution in [0.25, 0.3) is 0 Å². The van der Waals surface area contributed by atoms with Crippen LogP contribution in [-0.4, -0.2) is 31.8 Å². The van der Waals surface area contributed by atoms with Crippen molar-refractivity contribution in [2.45, 2.75) is 49.6 Å². The number of nitrogens with two attached hydrogens (primary N) is 1. The molecule has 0 aliphatic heterocycles. The highest BCUT2D eigenvalue weighted by atomic mass is 32.2. The number of hydrogen-bond donors (Lipinski definition) is 2. The van der Waals surface area contributed by atoms with Gasteiger partial charge in [0.25, 0.3) is 0 Å². The van der Waals surface area contributed by atoms with Gasteiger partial charge < -0.3 is 5.32 Å². The van der Waals surface area contributed by atoms with Crippen LogP contribution in [-0.2, 0) is 21.2 Å². The number of sulfonamides is 1. The molecule has 148 valence electrons. The van der Waals surface area contributed by atoms with Crippen LogP contribution in [0.15, 0.2) is 47.4 Å². The predicted octanol–water partition coefficient (Wildman–Crippen LogP) is 2.73. The van der Waals surface area contributed by atoms with E-state index in [0.717, 1.165) is 25.7 Å². The number of benzene rings is 2. The van der Waals surface area contributed by atoms with E-state index >= 15 is 0 Å². The van der Waals surface area contributed by atoms with Crippen molar-refractivity contribution in [2.75, 3.05) is 11.9 Å². The van der Waals surface area contributed by atoms with Crippen LogP contribution in [0.4, 0.5) is 5.69 Å². The number of rotatable bonds is 6. The Balaban J connectivity index is 1.50. The number of carbonyl (C=O) groups excluding carboxylic acids is 1. The molecule has 1 fully saturated rings. The molecule has 7 heteroatoms. The third-order valence-corrected chi connectivity index (χ3v) is 6.67. The molecule has 1 unspecified atom stereocenters. The van der Waals surface area contributed by atoms with Gasteiger partial charge in [-0.3, -0.25) is 9.69 Å². The Morgan fingerprint density at radius 2 is 1.93 bits per heavy atom. The molecule has 0 aromatic heterocycles. The third-order valence-electron chi connectivity index (χ3n) is 5.62. The largest absolute Gasteiger partial charge is 0.325 e. The first kappa shape index (κ1) is 19.1. The van der Waals surface area contributed by atoms with Gasteiger partial charge in [0, 0.05) is 17.8 Å². The molecule has 0 spiro atoms. The van der Waals surface area contributed by atoms with Crippen molar-refractivity contribution >= 4 is 21.6 Å². The molecular weight excluding hydrogens is 374 g/mol. The summed E-state index contributed by atoms with van der Waals surface area (Å²) in [4.78, 5) is 15.1. The predicted molar refractivity (Wildman–Crippen MR) is 108 cm³/mol. The van der Waals surface area contributed by atoms with Crippen LogP contribution >= 0.6 is 0 Å². The number of nitrogens with one attached hydrogen (secondary N) is 1. The minimum atomic E-state index is -3.83. The zero-order valence-corrected chi connectivity index (χ0v) is 16.7. The number of hydrogen-bond acceptors (Lipinski definition) is 4.